The zero-order valence-corrected chi connectivity index (χ0v) is 12.3. The summed E-state index contributed by atoms with van der Waals surface area (Å²) in [5, 5.41) is 9.33. The topological polar surface area (TPSA) is 72.5 Å². The molecule has 0 aliphatic heterocycles. The summed E-state index contributed by atoms with van der Waals surface area (Å²) in [7, 11) is 0. The van der Waals surface area contributed by atoms with E-state index in [2.05, 4.69) is 19.9 Å². The smallest absolute Gasteiger partial charge is 0.327 e. The largest absolute Gasteiger partial charge is 0.491 e. The number of hydrogen-bond donors (Lipinski definition) is 2. The molecular formula is C16H23NO3. The Morgan fingerprint density at radius 1 is 1.50 bits per heavy atom. The van der Waals surface area contributed by atoms with Crippen LogP contribution in [-0.2, 0) is 4.79 Å². The molecule has 1 aromatic carbocycles. The van der Waals surface area contributed by atoms with E-state index >= 15 is 0 Å². The molecule has 3 N–H and O–H groups in total. The van der Waals surface area contributed by atoms with Crippen LogP contribution < -0.4 is 10.5 Å². The number of hydrogen-bond acceptors (Lipinski definition) is 3. The molecule has 0 spiro atoms. The first kappa shape index (κ1) is 14.9. The number of aryl methyl sites for hydroxylation is 1. The summed E-state index contributed by atoms with van der Waals surface area (Å²) < 4.78 is 5.75. The van der Waals surface area contributed by atoms with E-state index in [1.165, 1.54) is 5.56 Å². The molecule has 4 heteroatoms. The number of ether oxygens (including phenoxy) is 1. The maximum Gasteiger partial charge on any atom is 0.327 e. The SMILES string of the molecule is Cc1ccc(C(C)C)cc1OCC(N)(C(=O)O)C1CC1. The van der Waals surface area contributed by atoms with E-state index in [0.29, 0.717) is 5.92 Å². The normalized spacial score (nSPS) is 17.9. The molecule has 1 fully saturated rings. The van der Waals surface area contributed by atoms with Crippen LogP contribution in [0.5, 0.6) is 5.75 Å². The molecule has 20 heavy (non-hydrogen) atoms. The van der Waals surface area contributed by atoms with Gasteiger partial charge in [-0.15, -0.1) is 0 Å². The molecular weight excluding hydrogens is 254 g/mol. The van der Waals surface area contributed by atoms with E-state index < -0.39 is 11.5 Å². The quantitative estimate of drug-likeness (QED) is 0.838. The van der Waals surface area contributed by atoms with Crippen molar-refractivity contribution in [3.63, 3.8) is 0 Å². The highest BCUT2D eigenvalue weighted by Crippen LogP contribution is 2.39. The van der Waals surface area contributed by atoms with Gasteiger partial charge < -0.3 is 15.6 Å². The van der Waals surface area contributed by atoms with E-state index in [4.69, 9.17) is 10.5 Å². The number of carbonyl (C=O) groups is 1. The van der Waals surface area contributed by atoms with Gasteiger partial charge in [-0.1, -0.05) is 26.0 Å². The average Bonchev–Trinajstić information content (AvgIpc) is 3.21. The second-order valence-electron chi connectivity index (χ2n) is 6.09. The summed E-state index contributed by atoms with van der Waals surface area (Å²) in [6.07, 6.45) is 1.74. The molecule has 0 bridgehead atoms. The highest BCUT2D eigenvalue weighted by Gasteiger charge is 2.49. The number of carboxylic acid groups (broad SMARTS) is 1. The van der Waals surface area contributed by atoms with E-state index in [9.17, 15) is 9.90 Å². The summed E-state index contributed by atoms with van der Waals surface area (Å²) in [6, 6.07) is 6.05. The van der Waals surface area contributed by atoms with Gasteiger partial charge >= 0.3 is 5.97 Å². The number of rotatable bonds is 6. The zero-order chi connectivity index (χ0) is 14.9. The molecule has 1 saturated carbocycles. The minimum atomic E-state index is -1.26. The van der Waals surface area contributed by atoms with Gasteiger partial charge in [-0.25, -0.2) is 0 Å². The van der Waals surface area contributed by atoms with Crippen molar-refractivity contribution in [2.24, 2.45) is 11.7 Å². The third kappa shape index (κ3) is 2.96. The summed E-state index contributed by atoms with van der Waals surface area (Å²) in [5.41, 5.74) is 6.93. The minimum absolute atomic E-state index is 0.0232. The fourth-order valence-electron chi connectivity index (χ4n) is 2.28. The molecule has 0 heterocycles. The Kier molecular flexibility index (Phi) is 4.04. The molecule has 1 atom stereocenters. The van der Waals surface area contributed by atoms with Crippen molar-refractivity contribution in [3.8, 4) is 5.75 Å². The van der Waals surface area contributed by atoms with Gasteiger partial charge in [-0.2, -0.15) is 0 Å². The first-order valence-corrected chi connectivity index (χ1v) is 7.10. The van der Waals surface area contributed by atoms with Crippen LogP contribution in [0.1, 0.15) is 43.7 Å². The monoisotopic (exact) mass is 277 g/mol. The van der Waals surface area contributed by atoms with Gasteiger partial charge in [-0.05, 0) is 48.8 Å². The van der Waals surface area contributed by atoms with Crippen molar-refractivity contribution in [1.82, 2.24) is 0 Å². The van der Waals surface area contributed by atoms with E-state index in [-0.39, 0.29) is 12.5 Å². The van der Waals surface area contributed by atoms with Crippen LogP contribution in [-0.4, -0.2) is 23.2 Å². The second kappa shape index (κ2) is 5.44. The predicted octanol–water partition coefficient (Wildman–Crippen LogP) is 2.69. The highest BCUT2D eigenvalue weighted by atomic mass is 16.5. The van der Waals surface area contributed by atoms with Gasteiger partial charge in [0.15, 0.2) is 5.54 Å². The fourth-order valence-corrected chi connectivity index (χ4v) is 2.28. The first-order chi connectivity index (χ1) is 9.34. The molecule has 110 valence electrons. The third-order valence-corrected chi connectivity index (χ3v) is 4.05. The molecule has 0 amide bonds. The number of benzene rings is 1. The molecule has 2 rings (SSSR count). The Hall–Kier alpha value is -1.55. The fraction of sp³-hybridized carbons (Fsp3) is 0.562. The van der Waals surface area contributed by atoms with Gasteiger partial charge in [0, 0.05) is 0 Å². The third-order valence-electron chi connectivity index (χ3n) is 4.05. The van der Waals surface area contributed by atoms with Crippen LogP contribution in [0, 0.1) is 12.8 Å². The van der Waals surface area contributed by atoms with Crippen LogP contribution in [0.3, 0.4) is 0 Å². The highest BCUT2D eigenvalue weighted by molar-refractivity contribution is 5.79. The lowest BCUT2D eigenvalue weighted by Crippen LogP contribution is -2.54. The van der Waals surface area contributed by atoms with Gasteiger partial charge in [0.05, 0.1) is 0 Å². The Bertz CT molecular complexity index is 508. The Labute approximate surface area is 119 Å². The Balaban J connectivity index is 2.13. The van der Waals surface area contributed by atoms with E-state index in [1.807, 2.05) is 19.1 Å². The summed E-state index contributed by atoms with van der Waals surface area (Å²) in [4.78, 5) is 11.4. The molecule has 1 unspecified atom stereocenters. The van der Waals surface area contributed by atoms with Crippen molar-refractivity contribution in [1.29, 1.82) is 0 Å². The maximum atomic E-state index is 11.4. The van der Waals surface area contributed by atoms with Crippen molar-refractivity contribution in [2.45, 2.75) is 45.1 Å². The van der Waals surface area contributed by atoms with Crippen molar-refractivity contribution < 1.29 is 14.6 Å². The molecule has 1 aromatic rings. The lowest BCUT2D eigenvalue weighted by molar-refractivity contribution is -0.145. The molecule has 0 saturated heterocycles. The Morgan fingerprint density at radius 2 is 2.15 bits per heavy atom. The van der Waals surface area contributed by atoms with E-state index in [1.54, 1.807) is 0 Å². The van der Waals surface area contributed by atoms with Gasteiger partial charge in [0.1, 0.15) is 12.4 Å². The minimum Gasteiger partial charge on any atom is -0.491 e. The predicted molar refractivity (Wildman–Crippen MR) is 78.0 cm³/mol. The van der Waals surface area contributed by atoms with Crippen molar-refractivity contribution >= 4 is 5.97 Å². The van der Waals surface area contributed by atoms with Crippen LogP contribution >= 0.6 is 0 Å². The summed E-state index contributed by atoms with van der Waals surface area (Å²) >= 11 is 0. The standard InChI is InChI=1S/C16H23NO3/c1-10(2)12-5-4-11(3)14(8-12)20-9-16(17,15(18)19)13-6-7-13/h4-5,8,10,13H,6-7,9,17H2,1-3H3,(H,18,19). The summed E-state index contributed by atoms with van der Waals surface area (Å²) in [5.74, 6) is 0.197. The van der Waals surface area contributed by atoms with Gasteiger partial charge in [0.25, 0.3) is 0 Å². The van der Waals surface area contributed by atoms with Crippen molar-refractivity contribution in [2.75, 3.05) is 6.61 Å². The van der Waals surface area contributed by atoms with Crippen LogP contribution in [0.25, 0.3) is 0 Å². The number of aliphatic carboxylic acids is 1. The van der Waals surface area contributed by atoms with Crippen LogP contribution in [0.4, 0.5) is 0 Å². The second-order valence-corrected chi connectivity index (χ2v) is 6.09. The molecule has 1 aliphatic carbocycles. The van der Waals surface area contributed by atoms with Crippen LogP contribution in [0.15, 0.2) is 18.2 Å². The number of nitrogens with two attached hydrogens (primary N) is 1. The molecule has 0 aromatic heterocycles. The zero-order valence-electron chi connectivity index (χ0n) is 12.3. The summed E-state index contributed by atoms with van der Waals surface area (Å²) in [6.45, 7) is 6.21. The average molecular weight is 277 g/mol. The Morgan fingerprint density at radius 3 is 2.65 bits per heavy atom. The van der Waals surface area contributed by atoms with E-state index in [0.717, 1.165) is 24.2 Å². The first-order valence-electron chi connectivity index (χ1n) is 7.10. The molecule has 4 nitrogen and oxygen atoms in total. The van der Waals surface area contributed by atoms with Gasteiger partial charge in [-0.3, -0.25) is 4.79 Å². The maximum absolute atomic E-state index is 11.4. The lowest BCUT2D eigenvalue weighted by atomic mass is 9.96. The van der Waals surface area contributed by atoms with Gasteiger partial charge in [0.2, 0.25) is 0 Å². The lowest BCUT2D eigenvalue weighted by Gasteiger charge is -2.25. The molecule has 1 aliphatic rings. The van der Waals surface area contributed by atoms with Crippen LogP contribution in [0.2, 0.25) is 0 Å². The molecule has 0 radical (unpaired) electrons. The van der Waals surface area contributed by atoms with Crippen molar-refractivity contribution in [3.05, 3.63) is 29.3 Å². The number of carboxylic acids is 1.